The van der Waals surface area contributed by atoms with Gasteiger partial charge in [-0.2, -0.15) is 0 Å². The molecule has 0 nitrogen and oxygen atoms in total. The van der Waals surface area contributed by atoms with E-state index in [9.17, 15) is 0 Å². The molecule has 1 heterocycles. The molecule has 0 atom stereocenters. The largest absolute Gasteiger partial charge is 0.135 e. The van der Waals surface area contributed by atoms with Gasteiger partial charge in [-0.1, -0.05) is 36.4 Å². The Labute approximate surface area is 116 Å². The molecule has 0 fully saturated rings. The zero-order valence-electron chi connectivity index (χ0n) is 11.0. The summed E-state index contributed by atoms with van der Waals surface area (Å²) in [4.78, 5) is 0. The number of hydrogen-bond donors (Lipinski definition) is 0. The summed E-state index contributed by atoms with van der Waals surface area (Å²) in [7, 11) is 0. The van der Waals surface area contributed by atoms with Gasteiger partial charge in [-0.05, 0) is 47.9 Å². The fourth-order valence-corrected chi connectivity index (χ4v) is 4.21. The smallest absolute Gasteiger partial charge is 0.0434 e. The van der Waals surface area contributed by atoms with Crippen LogP contribution < -0.4 is 0 Å². The van der Waals surface area contributed by atoms with E-state index in [1.54, 1.807) is 0 Å². The van der Waals surface area contributed by atoms with Gasteiger partial charge >= 0.3 is 0 Å². The van der Waals surface area contributed by atoms with Crippen LogP contribution in [0, 0.1) is 13.8 Å². The number of rotatable bonds is 0. The van der Waals surface area contributed by atoms with Crippen LogP contribution in [0.25, 0.3) is 30.9 Å². The highest BCUT2D eigenvalue weighted by atomic mass is 32.1. The summed E-state index contributed by atoms with van der Waals surface area (Å²) in [5.41, 5.74) is 2.70. The van der Waals surface area contributed by atoms with E-state index in [4.69, 9.17) is 0 Å². The maximum Gasteiger partial charge on any atom is 0.0434 e. The molecule has 0 bridgehead atoms. The van der Waals surface area contributed by atoms with Crippen LogP contribution in [0.4, 0.5) is 0 Å². The van der Waals surface area contributed by atoms with Gasteiger partial charge in [-0.15, -0.1) is 11.3 Å². The van der Waals surface area contributed by atoms with Gasteiger partial charge in [0, 0.05) is 20.2 Å². The average molecular weight is 262 g/mol. The second-order valence-electron chi connectivity index (χ2n) is 5.22. The number of benzene rings is 3. The van der Waals surface area contributed by atoms with E-state index in [1.165, 1.54) is 42.1 Å². The summed E-state index contributed by atoms with van der Waals surface area (Å²) in [6.07, 6.45) is 0. The summed E-state index contributed by atoms with van der Waals surface area (Å²) in [6.45, 7) is 4.37. The van der Waals surface area contributed by atoms with E-state index in [2.05, 4.69) is 62.4 Å². The Bertz CT molecular complexity index is 929. The molecule has 1 heteroatoms. The van der Waals surface area contributed by atoms with Crippen LogP contribution in [0.5, 0.6) is 0 Å². The van der Waals surface area contributed by atoms with Crippen molar-refractivity contribution >= 4 is 42.3 Å². The molecule has 3 aromatic carbocycles. The molecule has 0 spiro atoms. The van der Waals surface area contributed by atoms with Crippen molar-refractivity contribution in [2.24, 2.45) is 0 Å². The quantitative estimate of drug-likeness (QED) is 0.374. The van der Waals surface area contributed by atoms with Gasteiger partial charge in [-0.25, -0.2) is 0 Å². The fourth-order valence-electron chi connectivity index (χ4n) is 2.89. The highest BCUT2D eigenvalue weighted by Gasteiger charge is 2.09. The predicted octanol–water partition coefficient (Wildman–Crippen LogP) is 5.82. The lowest BCUT2D eigenvalue weighted by Gasteiger charge is -2.03. The molecule has 4 aromatic rings. The van der Waals surface area contributed by atoms with E-state index >= 15 is 0 Å². The van der Waals surface area contributed by atoms with Gasteiger partial charge < -0.3 is 0 Å². The van der Waals surface area contributed by atoms with Crippen molar-refractivity contribution in [1.29, 1.82) is 0 Å². The lowest BCUT2D eigenvalue weighted by Crippen LogP contribution is -1.78. The van der Waals surface area contributed by atoms with Crippen LogP contribution in [0.2, 0.25) is 0 Å². The van der Waals surface area contributed by atoms with Gasteiger partial charge in [0.1, 0.15) is 0 Å². The molecule has 0 radical (unpaired) electrons. The topological polar surface area (TPSA) is 0 Å². The minimum absolute atomic E-state index is 1.33. The Morgan fingerprint density at radius 2 is 1.53 bits per heavy atom. The minimum atomic E-state index is 1.33. The molecule has 0 N–H and O–H groups in total. The molecule has 0 aliphatic heterocycles. The van der Waals surface area contributed by atoms with Crippen LogP contribution in [0.15, 0.2) is 48.5 Å². The number of aryl methyl sites for hydroxylation is 2. The number of thiophene rings is 1. The molecular weight excluding hydrogens is 248 g/mol. The van der Waals surface area contributed by atoms with Crippen molar-refractivity contribution in [2.45, 2.75) is 13.8 Å². The molecule has 0 saturated heterocycles. The summed E-state index contributed by atoms with van der Waals surface area (Å²) < 4.78 is 2.81. The van der Waals surface area contributed by atoms with Crippen molar-refractivity contribution in [3.63, 3.8) is 0 Å². The van der Waals surface area contributed by atoms with Crippen LogP contribution in [-0.4, -0.2) is 0 Å². The second-order valence-corrected chi connectivity index (χ2v) is 6.27. The summed E-state index contributed by atoms with van der Waals surface area (Å²) in [6, 6.07) is 17.8. The molecular formula is C18H14S. The van der Waals surface area contributed by atoms with Crippen LogP contribution in [-0.2, 0) is 0 Å². The first kappa shape index (κ1) is 11.0. The Kier molecular flexibility index (Phi) is 2.21. The van der Waals surface area contributed by atoms with E-state index in [0.29, 0.717) is 0 Å². The van der Waals surface area contributed by atoms with Crippen molar-refractivity contribution in [1.82, 2.24) is 0 Å². The van der Waals surface area contributed by atoms with Crippen molar-refractivity contribution in [2.75, 3.05) is 0 Å². The van der Waals surface area contributed by atoms with Crippen LogP contribution in [0.1, 0.15) is 11.1 Å². The van der Waals surface area contributed by atoms with Crippen molar-refractivity contribution < 1.29 is 0 Å². The van der Waals surface area contributed by atoms with E-state index < -0.39 is 0 Å². The average Bonchev–Trinajstić information content (AvgIpc) is 2.77. The molecule has 19 heavy (non-hydrogen) atoms. The third-order valence-corrected chi connectivity index (χ3v) is 5.04. The Morgan fingerprint density at radius 1 is 0.737 bits per heavy atom. The first-order valence-corrected chi connectivity index (χ1v) is 7.37. The Balaban J connectivity index is 2.31. The van der Waals surface area contributed by atoms with Gasteiger partial charge in [0.15, 0.2) is 0 Å². The first-order valence-electron chi connectivity index (χ1n) is 6.55. The maximum absolute atomic E-state index is 2.34. The van der Waals surface area contributed by atoms with Crippen molar-refractivity contribution in [3.05, 3.63) is 59.7 Å². The standard InChI is InChI=1S/C18H14S/c1-11-7-8-14-16-10-12(2)13-5-3-4-6-15(13)18(16)19-17(14)9-11/h3-10H,1-2H3. The van der Waals surface area contributed by atoms with Crippen LogP contribution in [0.3, 0.4) is 0 Å². The summed E-state index contributed by atoms with van der Waals surface area (Å²) >= 11 is 1.91. The highest BCUT2D eigenvalue weighted by Crippen LogP contribution is 2.39. The zero-order valence-corrected chi connectivity index (χ0v) is 11.8. The van der Waals surface area contributed by atoms with Crippen molar-refractivity contribution in [3.8, 4) is 0 Å². The highest BCUT2D eigenvalue weighted by molar-refractivity contribution is 7.26. The van der Waals surface area contributed by atoms with Gasteiger partial charge in [-0.3, -0.25) is 0 Å². The third-order valence-electron chi connectivity index (χ3n) is 3.84. The minimum Gasteiger partial charge on any atom is -0.135 e. The van der Waals surface area contributed by atoms with Crippen LogP contribution >= 0.6 is 11.3 Å². The lowest BCUT2D eigenvalue weighted by atomic mass is 10.0. The molecule has 0 amide bonds. The maximum atomic E-state index is 2.34. The van der Waals surface area contributed by atoms with E-state index in [-0.39, 0.29) is 0 Å². The third kappa shape index (κ3) is 1.52. The normalized spacial score (nSPS) is 11.7. The first-order chi connectivity index (χ1) is 9.24. The molecule has 0 unspecified atom stereocenters. The molecule has 4 rings (SSSR count). The second kappa shape index (κ2) is 3.82. The monoisotopic (exact) mass is 262 g/mol. The Morgan fingerprint density at radius 3 is 2.37 bits per heavy atom. The van der Waals surface area contributed by atoms with Gasteiger partial charge in [0.05, 0.1) is 0 Å². The van der Waals surface area contributed by atoms with Gasteiger partial charge in [0.2, 0.25) is 0 Å². The molecule has 0 saturated carbocycles. The van der Waals surface area contributed by atoms with Gasteiger partial charge in [0.25, 0.3) is 0 Å². The lowest BCUT2D eigenvalue weighted by molar-refractivity contribution is 1.52. The molecule has 0 aliphatic rings. The Hall–Kier alpha value is -1.86. The number of fused-ring (bicyclic) bond motifs is 5. The zero-order chi connectivity index (χ0) is 13.0. The fraction of sp³-hybridized carbons (Fsp3) is 0.111. The number of hydrogen-bond acceptors (Lipinski definition) is 1. The summed E-state index contributed by atoms with van der Waals surface area (Å²) in [5, 5.41) is 5.55. The molecule has 1 aromatic heterocycles. The molecule has 92 valence electrons. The van der Waals surface area contributed by atoms with E-state index in [1.807, 2.05) is 11.3 Å². The van der Waals surface area contributed by atoms with E-state index in [0.717, 1.165) is 0 Å². The predicted molar refractivity (Wildman–Crippen MR) is 86.3 cm³/mol. The molecule has 0 aliphatic carbocycles. The SMILES string of the molecule is Cc1ccc2c(c1)sc1c3ccccc3c(C)cc21. The summed E-state index contributed by atoms with van der Waals surface area (Å²) in [5.74, 6) is 0.